The molecule has 0 bridgehead atoms. The number of hydrogen-bond donors (Lipinski definition) is 0. The van der Waals surface area contributed by atoms with E-state index in [1.54, 1.807) is 24.4 Å². The van der Waals surface area contributed by atoms with Crippen LogP contribution in [0.1, 0.15) is 6.92 Å². The Morgan fingerprint density at radius 1 is 1.73 bits per heavy atom. The summed E-state index contributed by atoms with van der Waals surface area (Å²) in [6, 6.07) is 0.537. The molecule has 0 amide bonds. The molecule has 0 fully saturated rings. The summed E-state index contributed by atoms with van der Waals surface area (Å²) < 4.78 is 4.26. The zero-order valence-corrected chi connectivity index (χ0v) is 7.08. The van der Waals surface area contributed by atoms with Crippen LogP contribution in [0.2, 0.25) is 0 Å². The summed E-state index contributed by atoms with van der Waals surface area (Å²) in [5, 5.41) is 0. The maximum absolute atomic E-state index is 4.26. The third kappa shape index (κ3) is 1.18. The van der Waals surface area contributed by atoms with Crippen molar-refractivity contribution in [2.75, 3.05) is 5.75 Å². The molecule has 2 aliphatic heterocycles. The quantitative estimate of drug-likeness (QED) is 0.508. The van der Waals surface area contributed by atoms with Crippen LogP contribution in [0.3, 0.4) is 0 Å². The van der Waals surface area contributed by atoms with Crippen LogP contribution in [-0.2, 0) is 0 Å². The fourth-order valence-electron chi connectivity index (χ4n) is 1.10. The minimum Gasteiger partial charge on any atom is -0.326 e. The summed E-state index contributed by atoms with van der Waals surface area (Å²) in [5.41, 5.74) is 0. The predicted octanol–water partition coefficient (Wildman–Crippen LogP) is 1.29. The maximum Gasteiger partial charge on any atom is 0.159 e. The second-order valence-corrected chi connectivity index (χ2v) is 3.35. The molecule has 0 aliphatic carbocycles. The highest BCUT2D eigenvalue weighted by Gasteiger charge is 2.20. The van der Waals surface area contributed by atoms with E-state index in [2.05, 4.69) is 21.2 Å². The Morgan fingerprint density at radius 3 is 3.45 bits per heavy atom. The van der Waals surface area contributed by atoms with E-state index < -0.39 is 0 Å². The van der Waals surface area contributed by atoms with Crippen LogP contribution in [0.5, 0.6) is 0 Å². The van der Waals surface area contributed by atoms with E-state index in [4.69, 9.17) is 0 Å². The Hall–Kier alpha value is -0.770. The van der Waals surface area contributed by atoms with Crippen molar-refractivity contribution in [3.8, 4) is 0 Å². The van der Waals surface area contributed by atoms with Gasteiger partial charge in [0.05, 0.1) is 6.21 Å². The van der Waals surface area contributed by atoms with Crippen molar-refractivity contribution < 1.29 is 0 Å². The molecule has 0 saturated carbocycles. The van der Waals surface area contributed by atoms with Gasteiger partial charge in [0.25, 0.3) is 0 Å². The van der Waals surface area contributed by atoms with Crippen LogP contribution < -0.4 is 0 Å². The smallest absolute Gasteiger partial charge is 0.159 e. The molecule has 0 radical (unpaired) electrons. The Kier molecular flexibility index (Phi) is 1.69. The number of amidine groups is 1. The summed E-state index contributed by atoms with van der Waals surface area (Å²) in [5.74, 6) is 2.03. The molecule has 1 atom stereocenters. The SMILES string of the molecule is CC1CSN=C2C=NC=CN21. The standard InChI is InChI=1S/C7H9N3S/c1-6-5-11-9-7-4-8-2-3-10(6)7/h2-4,6H,5H2,1H3. The van der Waals surface area contributed by atoms with Crippen molar-refractivity contribution in [3.05, 3.63) is 12.4 Å². The molecule has 11 heavy (non-hydrogen) atoms. The molecule has 2 heterocycles. The average molecular weight is 167 g/mol. The Morgan fingerprint density at radius 2 is 2.64 bits per heavy atom. The molecule has 2 rings (SSSR count). The van der Waals surface area contributed by atoms with E-state index >= 15 is 0 Å². The molecular formula is C7H9N3S. The number of aliphatic imine (C=N–C) groups is 1. The first-order valence-electron chi connectivity index (χ1n) is 3.56. The lowest BCUT2D eigenvalue weighted by Crippen LogP contribution is -2.39. The van der Waals surface area contributed by atoms with Crippen molar-refractivity contribution in [1.29, 1.82) is 0 Å². The van der Waals surface area contributed by atoms with Gasteiger partial charge in [0.15, 0.2) is 5.84 Å². The second-order valence-electron chi connectivity index (χ2n) is 2.58. The van der Waals surface area contributed by atoms with Gasteiger partial charge in [-0.25, -0.2) is 0 Å². The van der Waals surface area contributed by atoms with Gasteiger partial charge in [-0.15, -0.1) is 0 Å². The monoisotopic (exact) mass is 167 g/mol. The molecule has 0 N–H and O–H groups in total. The maximum atomic E-state index is 4.26. The fourth-order valence-corrected chi connectivity index (χ4v) is 1.82. The summed E-state index contributed by atoms with van der Waals surface area (Å²) >= 11 is 1.61. The number of nitrogens with zero attached hydrogens (tertiary/aromatic N) is 3. The third-order valence-electron chi connectivity index (χ3n) is 1.72. The van der Waals surface area contributed by atoms with E-state index in [1.165, 1.54) is 0 Å². The van der Waals surface area contributed by atoms with Crippen molar-refractivity contribution in [3.63, 3.8) is 0 Å². The molecule has 0 aromatic rings. The van der Waals surface area contributed by atoms with Gasteiger partial charge < -0.3 is 4.90 Å². The van der Waals surface area contributed by atoms with Gasteiger partial charge in [0, 0.05) is 24.2 Å². The minimum absolute atomic E-state index is 0.537. The molecule has 4 heteroatoms. The lowest BCUT2D eigenvalue weighted by atomic mass is 10.3. The normalized spacial score (nSPS) is 28.3. The highest BCUT2D eigenvalue weighted by molar-refractivity contribution is 7.98. The van der Waals surface area contributed by atoms with Crippen LogP contribution in [0, 0.1) is 0 Å². The molecule has 1 unspecified atom stereocenters. The Labute approximate surface area is 70.0 Å². The van der Waals surface area contributed by atoms with Gasteiger partial charge in [-0.3, -0.25) is 4.99 Å². The first-order valence-corrected chi connectivity index (χ1v) is 4.50. The van der Waals surface area contributed by atoms with Gasteiger partial charge in [-0.2, -0.15) is 4.40 Å². The summed E-state index contributed by atoms with van der Waals surface area (Å²) in [7, 11) is 0. The van der Waals surface area contributed by atoms with Crippen LogP contribution in [-0.4, -0.2) is 28.7 Å². The van der Waals surface area contributed by atoms with Gasteiger partial charge in [-0.1, -0.05) is 0 Å². The van der Waals surface area contributed by atoms with Crippen LogP contribution in [0.25, 0.3) is 0 Å². The van der Waals surface area contributed by atoms with Crippen molar-refractivity contribution >= 4 is 24.0 Å². The van der Waals surface area contributed by atoms with Gasteiger partial charge in [0.2, 0.25) is 0 Å². The van der Waals surface area contributed by atoms with E-state index in [-0.39, 0.29) is 0 Å². The highest BCUT2D eigenvalue weighted by atomic mass is 32.2. The molecule has 0 aromatic carbocycles. The average Bonchev–Trinajstić information content (AvgIpc) is 2.06. The number of rotatable bonds is 0. The second kappa shape index (κ2) is 2.70. The van der Waals surface area contributed by atoms with Gasteiger partial charge in [0.1, 0.15) is 0 Å². The minimum atomic E-state index is 0.537. The van der Waals surface area contributed by atoms with E-state index in [9.17, 15) is 0 Å². The van der Waals surface area contributed by atoms with E-state index in [0.29, 0.717) is 6.04 Å². The van der Waals surface area contributed by atoms with Crippen molar-refractivity contribution in [2.45, 2.75) is 13.0 Å². The highest BCUT2D eigenvalue weighted by Crippen LogP contribution is 2.19. The molecule has 3 nitrogen and oxygen atoms in total. The van der Waals surface area contributed by atoms with E-state index in [0.717, 1.165) is 11.6 Å². The summed E-state index contributed by atoms with van der Waals surface area (Å²) in [4.78, 5) is 6.15. The van der Waals surface area contributed by atoms with Crippen molar-refractivity contribution in [1.82, 2.24) is 4.90 Å². The summed E-state index contributed by atoms with van der Waals surface area (Å²) in [6.45, 7) is 2.19. The number of hydrogen-bond acceptors (Lipinski definition) is 4. The van der Waals surface area contributed by atoms with Crippen LogP contribution in [0.4, 0.5) is 0 Å². The third-order valence-corrected chi connectivity index (χ3v) is 2.66. The Bertz CT molecular complexity index is 244. The predicted molar refractivity (Wildman–Crippen MR) is 48.8 cm³/mol. The molecule has 0 spiro atoms. The van der Waals surface area contributed by atoms with Gasteiger partial charge in [-0.05, 0) is 18.9 Å². The fraction of sp³-hybridized carbons (Fsp3) is 0.429. The lowest BCUT2D eigenvalue weighted by Gasteiger charge is -2.30. The first kappa shape index (κ1) is 6.91. The molecule has 2 aliphatic rings. The van der Waals surface area contributed by atoms with Gasteiger partial charge >= 0.3 is 0 Å². The topological polar surface area (TPSA) is 28.0 Å². The lowest BCUT2D eigenvalue weighted by molar-refractivity contribution is 0.464. The van der Waals surface area contributed by atoms with Crippen LogP contribution >= 0.6 is 11.9 Å². The zero-order valence-electron chi connectivity index (χ0n) is 6.27. The first-order chi connectivity index (χ1) is 5.38. The zero-order chi connectivity index (χ0) is 7.68. The molecular weight excluding hydrogens is 158 g/mol. The molecule has 0 saturated heterocycles. The summed E-state index contributed by atoms with van der Waals surface area (Å²) in [6.07, 6.45) is 5.57. The van der Waals surface area contributed by atoms with Crippen LogP contribution in [0.15, 0.2) is 21.8 Å². The molecule has 0 aromatic heterocycles. The van der Waals surface area contributed by atoms with E-state index in [1.807, 2.05) is 6.20 Å². The number of fused-ring (bicyclic) bond motifs is 1. The largest absolute Gasteiger partial charge is 0.326 e. The Balaban J connectivity index is 2.29. The van der Waals surface area contributed by atoms with Crippen molar-refractivity contribution in [2.24, 2.45) is 9.39 Å². The molecule has 58 valence electrons.